The van der Waals surface area contributed by atoms with Crippen molar-refractivity contribution < 1.29 is 9.18 Å². The summed E-state index contributed by atoms with van der Waals surface area (Å²) in [5, 5.41) is 0. The number of rotatable bonds is 8. The van der Waals surface area contributed by atoms with Crippen molar-refractivity contribution in [3.63, 3.8) is 0 Å². The van der Waals surface area contributed by atoms with Gasteiger partial charge in [-0.2, -0.15) is 0 Å². The average molecular weight is 374 g/mol. The van der Waals surface area contributed by atoms with Crippen LogP contribution in [0, 0.1) is 5.82 Å². The highest BCUT2D eigenvalue weighted by molar-refractivity contribution is 5.91. The monoisotopic (exact) mass is 374 g/mol. The van der Waals surface area contributed by atoms with E-state index < -0.39 is 0 Å². The summed E-state index contributed by atoms with van der Waals surface area (Å²) in [5.41, 5.74) is 2.83. The summed E-state index contributed by atoms with van der Waals surface area (Å²) in [6.45, 7) is 5.21. The predicted molar refractivity (Wildman–Crippen MR) is 111 cm³/mol. The van der Waals surface area contributed by atoms with Crippen LogP contribution in [0.3, 0.4) is 0 Å². The molecule has 0 unspecified atom stereocenters. The third-order valence-corrected chi connectivity index (χ3v) is 4.40. The van der Waals surface area contributed by atoms with Gasteiger partial charge in [0, 0.05) is 31.1 Å². The van der Waals surface area contributed by atoms with Gasteiger partial charge in [-0.25, -0.2) is 4.39 Å². The number of aromatic nitrogens is 1. The zero-order chi connectivity index (χ0) is 19.8. The summed E-state index contributed by atoms with van der Waals surface area (Å²) < 4.78 is 15.5. The quantitative estimate of drug-likeness (QED) is 0.406. The Bertz CT molecular complexity index is 960. The minimum atomic E-state index is -0.249. The molecule has 0 N–H and O–H groups in total. The van der Waals surface area contributed by atoms with Crippen LogP contribution in [-0.4, -0.2) is 21.9 Å². The lowest BCUT2D eigenvalue weighted by molar-refractivity contribution is -0.126. The second-order valence-corrected chi connectivity index (χ2v) is 6.51. The zero-order valence-electron chi connectivity index (χ0n) is 15.7. The fourth-order valence-corrected chi connectivity index (χ4v) is 3.00. The summed E-state index contributed by atoms with van der Waals surface area (Å²) >= 11 is 0. The molecule has 0 radical (unpaired) electrons. The average Bonchev–Trinajstić information content (AvgIpc) is 3.13. The summed E-state index contributed by atoms with van der Waals surface area (Å²) in [6.07, 6.45) is 7.05. The van der Waals surface area contributed by atoms with Gasteiger partial charge in [0.25, 0.3) is 0 Å². The van der Waals surface area contributed by atoms with Crippen molar-refractivity contribution in [1.29, 1.82) is 0 Å². The van der Waals surface area contributed by atoms with Crippen LogP contribution in [0.1, 0.15) is 16.8 Å². The SMILES string of the molecule is C=CCN(Cc1cccn1Cc1cccc(F)c1)C(=O)/C=C/c1ccccc1. The van der Waals surface area contributed by atoms with E-state index in [0.717, 1.165) is 16.8 Å². The Kier molecular flexibility index (Phi) is 6.58. The molecule has 0 saturated carbocycles. The maximum Gasteiger partial charge on any atom is 0.247 e. The van der Waals surface area contributed by atoms with Crippen LogP contribution in [0.15, 0.2) is 91.7 Å². The normalized spacial score (nSPS) is 10.9. The molecular formula is C24H23FN2O. The number of carbonyl (C=O) groups is 1. The van der Waals surface area contributed by atoms with Gasteiger partial charge < -0.3 is 9.47 Å². The van der Waals surface area contributed by atoms with Gasteiger partial charge in [-0.15, -0.1) is 6.58 Å². The van der Waals surface area contributed by atoms with Crippen LogP contribution >= 0.6 is 0 Å². The van der Waals surface area contributed by atoms with Crippen LogP contribution in [0.4, 0.5) is 4.39 Å². The van der Waals surface area contributed by atoms with E-state index in [0.29, 0.717) is 19.6 Å². The summed E-state index contributed by atoms with van der Waals surface area (Å²) in [5.74, 6) is -0.331. The minimum Gasteiger partial charge on any atom is -0.345 e. The maximum absolute atomic E-state index is 13.5. The molecule has 0 atom stereocenters. The number of halogens is 1. The Morgan fingerprint density at radius 2 is 1.89 bits per heavy atom. The van der Waals surface area contributed by atoms with Gasteiger partial charge in [0.15, 0.2) is 0 Å². The van der Waals surface area contributed by atoms with Gasteiger partial charge in [-0.05, 0) is 41.5 Å². The van der Waals surface area contributed by atoms with Crippen LogP contribution in [0.25, 0.3) is 6.08 Å². The van der Waals surface area contributed by atoms with Crippen LogP contribution < -0.4 is 0 Å². The van der Waals surface area contributed by atoms with Crippen molar-refractivity contribution in [3.8, 4) is 0 Å². The fourth-order valence-electron chi connectivity index (χ4n) is 3.00. The third-order valence-electron chi connectivity index (χ3n) is 4.40. The molecule has 28 heavy (non-hydrogen) atoms. The molecule has 0 saturated heterocycles. The molecule has 1 aromatic heterocycles. The number of hydrogen-bond acceptors (Lipinski definition) is 1. The lowest BCUT2D eigenvalue weighted by atomic mass is 10.2. The van der Waals surface area contributed by atoms with Gasteiger partial charge >= 0.3 is 0 Å². The van der Waals surface area contributed by atoms with E-state index in [-0.39, 0.29) is 11.7 Å². The Hall–Kier alpha value is -3.40. The Morgan fingerprint density at radius 3 is 2.64 bits per heavy atom. The molecule has 0 fully saturated rings. The van der Waals surface area contributed by atoms with Crippen molar-refractivity contribution >= 4 is 12.0 Å². The highest BCUT2D eigenvalue weighted by Crippen LogP contribution is 2.13. The number of benzene rings is 2. The van der Waals surface area contributed by atoms with E-state index in [4.69, 9.17) is 0 Å². The van der Waals surface area contributed by atoms with Crippen molar-refractivity contribution in [3.05, 3.63) is 114 Å². The Morgan fingerprint density at radius 1 is 1.07 bits per heavy atom. The maximum atomic E-state index is 13.5. The molecular weight excluding hydrogens is 351 g/mol. The molecule has 3 aromatic rings. The summed E-state index contributed by atoms with van der Waals surface area (Å²) in [6, 6.07) is 20.2. The summed E-state index contributed by atoms with van der Waals surface area (Å²) in [4.78, 5) is 14.4. The lowest BCUT2D eigenvalue weighted by Crippen LogP contribution is -2.30. The van der Waals surface area contributed by atoms with Crippen LogP contribution in [0.2, 0.25) is 0 Å². The second kappa shape index (κ2) is 9.51. The fraction of sp³-hybridized carbons (Fsp3) is 0.125. The van der Waals surface area contributed by atoms with Gasteiger partial charge in [0.2, 0.25) is 5.91 Å². The van der Waals surface area contributed by atoms with Gasteiger partial charge in [-0.1, -0.05) is 48.5 Å². The molecule has 142 valence electrons. The molecule has 4 heteroatoms. The largest absolute Gasteiger partial charge is 0.345 e. The van der Waals surface area contributed by atoms with Crippen molar-refractivity contribution in [1.82, 2.24) is 9.47 Å². The van der Waals surface area contributed by atoms with Gasteiger partial charge in [0.1, 0.15) is 5.82 Å². The van der Waals surface area contributed by atoms with Crippen molar-refractivity contribution in [2.45, 2.75) is 13.1 Å². The van der Waals surface area contributed by atoms with E-state index in [1.54, 1.807) is 23.1 Å². The first kappa shape index (κ1) is 19.4. The number of nitrogens with zero attached hydrogens (tertiary/aromatic N) is 2. The number of hydrogen-bond donors (Lipinski definition) is 0. The van der Waals surface area contributed by atoms with E-state index >= 15 is 0 Å². The highest BCUT2D eigenvalue weighted by atomic mass is 19.1. The minimum absolute atomic E-state index is 0.0812. The van der Waals surface area contributed by atoms with E-state index in [2.05, 4.69) is 6.58 Å². The lowest BCUT2D eigenvalue weighted by Gasteiger charge is -2.21. The van der Waals surface area contributed by atoms with Crippen LogP contribution in [0.5, 0.6) is 0 Å². The van der Waals surface area contributed by atoms with E-state index in [9.17, 15) is 9.18 Å². The van der Waals surface area contributed by atoms with Gasteiger partial charge in [-0.3, -0.25) is 4.79 Å². The molecule has 0 aliphatic carbocycles. The Labute approximate surface area is 165 Å². The van der Waals surface area contributed by atoms with Crippen molar-refractivity contribution in [2.24, 2.45) is 0 Å². The first-order valence-electron chi connectivity index (χ1n) is 9.17. The number of carbonyl (C=O) groups excluding carboxylic acids is 1. The highest BCUT2D eigenvalue weighted by Gasteiger charge is 2.12. The van der Waals surface area contributed by atoms with Gasteiger partial charge in [0.05, 0.1) is 6.54 Å². The standard InChI is InChI=1S/C24H23FN2O/c1-2-15-27(24(28)14-13-20-8-4-3-5-9-20)19-23-12-7-16-26(23)18-21-10-6-11-22(25)17-21/h2-14,16-17H,1,15,18-19H2/b14-13+. The molecule has 0 aliphatic heterocycles. The summed E-state index contributed by atoms with van der Waals surface area (Å²) in [7, 11) is 0. The molecule has 1 heterocycles. The molecule has 0 spiro atoms. The molecule has 0 bridgehead atoms. The molecule has 3 nitrogen and oxygen atoms in total. The topological polar surface area (TPSA) is 25.2 Å². The van der Waals surface area contributed by atoms with Crippen molar-refractivity contribution in [2.75, 3.05) is 6.54 Å². The van der Waals surface area contributed by atoms with E-state index in [1.165, 1.54) is 12.1 Å². The second-order valence-electron chi connectivity index (χ2n) is 6.51. The Balaban J connectivity index is 1.72. The first-order chi connectivity index (χ1) is 13.7. The zero-order valence-corrected chi connectivity index (χ0v) is 15.7. The molecule has 3 rings (SSSR count). The molecule has 0 aliphatic rings. The van der Waals surface area contributed by atoms with E-state index in [1.807, 2.05) is 65.4 Å². The van der Waals surface area contributed by atoms with Crippen LogP contribution in [-0.2, 0) is 17.9 Å². The predicted octanol–water partition coefficient (Wildman–Crippen LogP) is 4.90. The molecule has 2 aromatic carbocycles. The number of amides is 1. The first-order valence-corrected chi connectivity index (χ1v) is 9.17. The molecule has 1 amide bonds. The third kappa shape index (κ3) is 5.30. The smallest absolute Gasteiger partial charge is 0.247 e.